The van der Waals surface area contributed by atoms with E-state index in [1.165, 1.54) is 6.42 Å². The summed E-state index contributed by atoms with van der Waals surface area (Å²) in [5.41, 5.74) is 6.93. The second-order valence-corrected chi connectivity index (χ2v) is 5.28. The molecule has 1 aromatic carbocycles. The van der Waals surface area contributed by atoms with Gasteiger partial charge in [0.1, 0.15) is 11.3 Å². The van der Waals surface area contributed by atoms with E-state index in [-0.39, 0.29) is 11.9 Å². The standard InChI is InChI=1S/C15H22N2O2/c1-10-6-5-9-17(11(10)2)15(18)14-12(16)7-4-8-13(14)19-3/h4,7-8,10-11H,5-6,9,16H2,1-3H3. The maximum Gasteiger partial charge on any atom is 0.259 e. The fraction of sp³-hybridized carbons (Fsp3) is 0.533. The minimum absolute atomic E-state index is 0.0194. The zero-order valence-corrected chi connectivity index (χ0v) is 11.8. The molecule has 104 valence electrons. The fourth-order valence-electron chi connectivity index (χ4n) is 2.71. The Morgan fingerprint density at radius 2 is 2.16 bits per heavy atom. The number of methoxy groups -OCH3 is 1. The van der Waals surface area contributed by atoms with Gasteiger partial charge in [-0.1, -0.05) is 13.0 Å². The number of carbonyl (C=O) groups excluding carboxylic acids is 1. The van der Waals surface area contributed by atoms with Crippen LogP contribution in [0.5, 0.6) is 5.75 Å². The zero-order chi connectivity index (χ0) is 14.0. The number of hydrogen-bond acceptors (Lipinski definition) is 3. The largest absolute Gasteiger partial charge is 0.496 e. The predicted octanol–water partition coefficient (Wildman–Crippen LogP) is 2.54. The highest BCUT2D eigenvalue weighted by Gasteiger charge is 2.31. The lowest BCUT2D eigenvalue weighted by Gasteiger charge is -2.38. The van der Waals surface area contributed by atoms with Crippen molar-refractivity contribution in [1.82, 2.24) is 4.90 Å². The van der Waals surface area contributed by atoms with Crippen LogP contribution >= 0.6 is 0 Å². The monoisotopic (exact) mass is 262 g/mol. The minimum Gasteiger partial charge on any atom is -0.496 e. The number of nitrogen functional groups attached to an aromatic ring is 1. The van der Waals surface area contributed by atoms with Gasteiger partial charge in [0.15, 0.2) is 0 Å². The SMILES string of the molecule is COc1cccc(N)c1C(=O)N1CCCC(C)C1C. The van der Waals surface area contributed by atoms with Crippen molar-refractivity contribution in [3.8, 4) is 5.75 Å². The Morgan fingerprint density at radius 1 is 1.42 bits per heavy atom. The number of amides is 1. The van der Waals surface area contributed by atoms with Gasteiger partial charge in [-0.25, -0.2) is 0 Å². The molecule has 1 aliphatic heterocycles. The van der Waals surface area contributed by atoms with Crippen LogP contribution in [0.25, 0.3) is 0 Å². The first kappa shape index (κ1) is 13.7. The Bertz CT molecular complexity index is 473. The number of likely N-dealkylation sites (tertiary alicyclic amines) is 1. The molecule has 1 saturated heterocycles. The molecule has 1 aliphatic rings. The molecule has 0 radical (unpaired) electrons. The number of anilines is 1. The number of nitrogens with two attached hydrogens (primary N) is 1. The predicted molar refractivity (Wildman–Crippen MR) is 76.3 cm³/mol. The molecule has 2 N–H and O–H groups in total. The van der Waals surface area contributed by atoms with Crippen molar-refractivity contribution in [2.75, 3.05) is 19.4 Å². The summed E-state index contributed by atoms with van der Waals surface area (Å²) in [6.45, 7) is 5.09. The van der Waals surface area contributed by atoms with E-state index in [4.69, 9.17) is 10.5 Å². The van der Waals surface area contributed by atoms with Crippen molar-refractivity contribution in [1.29, 1.82) is 0 Å². The maximum absolute atomic E-state index is 12.7. The second-order valence-electron chi connectivity index (χ2n) is 5.28. The molecule has 1 amide bonds. The van der Waals surface area contributed by atoms with Crippen LogP contribution in [0, 0.1) is 5.92 Å². The molecule has 0 saturated carbocycles. The Morgan fingerprint density at radius 3 is 2.84 bits per heavy atom. The highest BCUT2D eigenvalue weighted by Crippen LogP contribution is 2.30. The summed E-state index contributed by atoms with van der Waals surface area (Å²) in [5.74, 6) is 1.05. The van der Waals surface area contributed by atoms with Gasteiger partial charge in [-0.15, -0.1) is 0 Å². The summed E-state index contributed by atoms with van der Waals surface area (Å²) in [6, 6.07) is 5.56. The normalized spacial score (nSPS) is 23.2. The maximum atomic E-state index is 12.7. The van der Waals surface area contributed by atoms with Gasteiger partial charge in [0, 0.05) is 18.3 Å². The molecule has 2 rings (SSSR count). The van der Waals surface area contributed by atoms with Crippen molar-refractivity contribution < 1.29 is 9.53 Å². The summed E-state index contributed by atoms with van der Waals surface area (Å²) in [7, 11) is 1.56. The third-order valence-electron chi connectivity index (χ3n) is 4.13. The molecule has 0 spiro atoms. The molecule has 1 heterocycles. The van der Waals surface area contributed by atoms with Crippen LogP contribution in [0.3, 0.4) is 0 Å². The van der Waals surface area contributed by atoms with Crippen LogP contribution < -0.4 is 10.5 Å². The highest BCUT2D eigenvalue weighted by atomic mass is 16.5. The third kappa shape index (κ3) is 2.53. The average molecular weight is 262 g/mol. The van der Waals surface area contributed by atoms with Crippen molar-refractivity contribution >= 4 is 11.6 Å². The molecule has 4 heteroatoms. The number of carbonyl (C=O) groups is 1. The van der Waals surface area contributed by atoms with Crippen molar-refractivity contribution in [2.24, 2.45) is 5.92 Å². The second kappa shape index (κ2) is 5.51. The Hall–Kier alpha value is -1.71. The Kier molecular flexibility index (Phi) is 3.98. The summed E-state index contributed by atoms with van der Waals surface area (Å²) in [6.07, 6.45) is 2.22. The molecule has 0 aromatic heterocycles. The lowest BCUT2D eigenvalue weighted by atomic mass is 9.91. The topological polar surface area (TPSA) is 55.6 Å². The van der Waals surface area contributed by atoms with Gasteiger partial charge >= 0.3 is 0 Å². The van der Waals surface area contributed by atoms with Gasteiger partial charge in [-0.3, -0.25) is 4.79 Å². The first-order valence-corrected chi connectivity index (χ1v) is 6.79. The van der Waals surface area contributed by atoms with Crippen LogP contribution in [-0.4, -0.2) is 30.5 Å². The van der Waals surface area contributed by atoms with Crippen LogP contribution in [0.15, 0.2) is 18.2 Å². The van der Waals surface area contributed by atoms with E-state index in [9.17, 15) is 4.79 Å². The van der Waals surface area contributed by atoms with E-state index in [1.807, 2.05) is 4.90 Å². The summed E-state index contributed by atoms with van der Waals surface area (Å²) >= 11 is 0. The van der Waals surface area contributed by atoms with Crippen LogP contribution in [0.1, 0.15) is 37.0 Å². The smallest absolute Gasteiger partial charge is 0.259 e. The van der Waals surface area contributed by atoms with E-state index in [0.717, 1.165) is 13.0 Å². The molecule has 1 aromatic rings. The highest BCUT2D eigenvalue weighted by molar-refractivity contribution is 6.02. The Labute approximate surface area is 114 Å². The number of benzene rings is 1. The Balaban J connectivity index is 2.34. The zero-order valence-electron chi connectivity index (χ0n) is 11.8. The fourth-order valence-corrected chi connectivity index (χ4v) is 2.71. The van der Waals surface area contributed by atoms with Crippen LogP contribution in [0.4, 0.5) is 5.69 Å². The molecule has 2 atom stereocenters. The van der Waals surface area contributed by atoms with Crippen LogP contribution in [-0.2, 0) is 0 Å². The van der Waals surface area contributed by atoms with Gasteiger partial charge in [0.05, 0.1) is 7.11 Å². The van der Waals surface area contributed by atoms with E-state index in [0.29, 0.717) is 22.9 Å². The number of piperidine rings is 1. The molecular formula is C15H22N2O2. The van der Waals surface area contributed by atoms with E-state index in [1.54, 1.807) is 25.3 Å². The quantitative estimate of drug-likeness (QED) is 0.833. The molecular weight excluding hydrogens is 240 g/mol. The molecule has 2 unspecified atom stereocenters. The molecule has 1 fully saturated rings. The first-order chi connectivity index (χ1) is 9.06. The summed E-state index contributed by atoms with van der Waals surface area (Å²) in [4.78, 5) is 14.6. The van der Waals surface area contributed by atoms with Gasteiger partial charge in [-0.2, -0.15) is 0 Å². The number of hydrogen-bond donors (Lipinski definition) is 1. The summed E-state index contributed by atoms with van der Waals surface area (Å²) in [5, 5.41) is 0. The third-order valence-corrected chi connectivity index (χ3v) is 4.13. The van der Waals surface area contributed by atoms with Crippen molar-refractivity contribution in [3.05, 3.63) is 23.8 Å². The lowest BCUT2D eigenvalue weighted by molar-refractivity contribution is 0.0549. The lowest BCUT2D eigenvalue weighted by Crippen LogP contribution is -2.46. The van der Waals surface area contributed by atoms with E-state index in [2.05, 4.69) is 13.8 Å². The molecule has 4 nitrogen and oxygen atoms in total. The summed E-state index contributed by atoms with van der Waals surface area (Å²) < 4.78 is 5.27. The minimum atomic E-state index is -0.0194. The number of rotatable bonds is 2. The molecule has 0 aliphatic carbocycles. The van der Waals surface area contributed by atoms with E-state index >= 15 is 0 Å². The average Bonchev–Trinajstić information content (AvgIpc) is 2.40. The van der Waals surface area contributed by atoms with Crippen molar-refractivity contribution in [2.45, 2.75) is 32.7 Å². The van der Waals surface area contributed by atoms with Crippen LogP contribution in [0.2, 0.25) is 0 Å². The van der Waals surface area contributed by atoms with Gasteiger partial charge in [-0.05, 0) is 37.8 Å². The molecule has 19 heavy (non-hydrogen) atoms. The van der Waals surface area contributed by atoms with Crippen molar-refractivity contribution in [3.63, 3.8) is 0 Å². The molecule has 0 bridgehead atoms. The van der Waals surface area contributed by atoms with Gasteiger partial charge < -0.3 is 15.4 Å². The van der Waals surface area contributed by atoms with E-state index < -0.39 is 0 Å². The number of ether oxygens (including phenoxy) is 1. The van der Waals surface area contributed by atoms with Gasteiger partial charge in [0.25, 0.3) is 5.91 Å². The van der Waals surface area contributed by atoms with Gasteiger partial charge in [0.2, 0.25) is 0 Å². The first-order valence-electron chi connectivity index (χ1n) is 6.79. The number of nitrogens with zero attached hydrogens (tertiary/aromatic N) is 1.